The van der Waals surface area contributed by atoms with Gasteiger partial charge in [-0.15, -0.1) is 0 Å². The summed E-state index contributed by atoms with van der Waals surface area (Å²) in [5.74, 6) is -0.917. The lowest BCUT2D eigenvalue weighted by molar-refractivity contribution is -0.137. The molecule has 1 N–H and O–H groups in total. The maximum Gasteiger partial charge on any atom is 0.416 e. The van der Waals surface area contributed by atoms with Crippen molar-refractivity contribution >= 4 is 29.2 Å². The lowest BCUT2D eigenvalue weighted by Gasteiger charge is -2.12. The molecule has 0 fully saturated rings. The van der Waals surface area contributed by atoms with Gasteiger partial charge in [-0.25, -0.2) is 4.79 Å². The average molecular weight is 388 g/mol. The highest BCUT2D eigenvalue weighted by Gasteiger charge is 2.31. The number of carbonyl (C=O) groups is 2. The van der Waals surface area contributed by atoms with Crippen LogP contribution >= 0.6 is 11.6 Å². The van der Waals surface area contributed by atoms with Gasteiger partial charge in [-0.3, -0.25) is 4.79 Å². The van der Waals surface area contributed by atoms with Crippen LogP contribution in [-0.4, -0.2) is 25.6 Å². The number of halogens is 4. The molecule has 0 radical (unpaired) electrons. The van der Waals surface area contributed by atoms with Crippen LogP contribution in [0.4, 0.5) is 18.9 Å². The summed E-state index contributed by atoms with van der Waals surface area (Å²) in [6, 6.07) is 8.41. The number of benzene rings is 2. The van der Waals surface area contributed by atoms with Crippen LogP contribution in [0.3, 0.4) is 0 Å². The zero-order valence-electron chi connectivity index (χ0n) is 13.4. The summed E-state index contributed by atoms with van der Waals surface area (Å²) in [4.78, 5) is 23.2. The van der Waals surface area contributed by atoms with E-state index >= 15 is 0 Å². The standard InChI is InChI=1S/C17H13ClF3NO4/c1-25-16(24)10-2-5-12(6-3-10)26-9-15(23)22-14-8-11(17(19,20)21)4-7-13(14)18/h2-8H,9H2,1H3,(H,22,23). The SMILES string of the molecule is COC(=O)c1ccc(OCC(=O)Nc2cc(C(F)(F)F)ccc2Cl)cc1. The van der Waals surface area contributed by atoms with Crippen LogP contribution in [0.5, 0.6) is 5.75 Å². The number of ether oxygens (including phenoxy) is 2. The molecule has 0 aliphatic carbocycles. The summed E-state index contributed by atoms with van der Waals surface area (Å²) < 4.78 is 47.9. The van der Waals surface area contributed by atoms with Gasteiger partial charge in [-0.05, 0) is 42.5 Å². The Kier molecular flexibility index (Phi) is 6.10. The van der Waals surface area contributed by atoms with Gasteiger partial charge in [0.25, 0.3) is 5.91 Å². The normalized spacial score (nSPS) is 11.0. The summed E-state index contributed by atoms with van der Waals surface area (Å²) >= 11 is 5.80. The Hall–Kier alpha value is -2.74. The third-order valence-corrected chi connectivity index (χ3v) is 3.54. The predicted octanol–water partition coefficient (Wildman–Crippen LogP) is 4.16. The first-order valence-electron chi connectivity index (χ1n) is 7.18. The first kappa shape index (κ1) is 19.6. The van der Waals surface area contributed by atoms with Gasteiger partial charge >= 0.3 is 12.1 Å². The number of hydrogen-bond acceptors (Lipinski definition) is 4. The van der Waals surface area contributed by atoms with Crippen molar-refractivity contribution in [3.63, 3.8) is 0 Å². The highest BCUT2D eigenvalue weighted by molar-refractivity contribution is 6.33. The first-order chi connectivity index (χ1) is 12.2. The van der Waals surface area contributed by atoms with E-state index in [9.17, 15) is 22.8 Å². The topological polar surface area (TPSA) is 64.6 Å². The quantitative estimate of drug-likeness (QED) is 0.782. The Labute approximate surface area is 151 Å². The second kappa shape index (κ2) is 8.09. The molecule has 5 nitrogen and oxygen atoms in total. The van der Waals surface area contributed by atoms with Gasteiger partial charge in [0.1, 0.15) is 5.75 Å². The monoisotopic (exact) mass is 387 g/mol. The van der Waals surface area contributed by atoms with E-state index in [4.69, 9.17) is 16.3 Å². The van der Waals surface area contributed by atoms with Crippen LogP contribution in [0.25, 0.3) is 0 Å². The van der Waals surface area contributed by atoms with E-state index in [1.165, 1.54) is 31.4 Å². The summed E-state index contributed by atoms with van der Waals surface area (Å²) in [6.45, 7) is -0.454. The van der Waals surface area contributed by atoms with Crippen LogP contribution in [0.2, 0.25) is 5.02 Å². The zero-order chi connectivity index (χ0) is 19.3. The van der Waals surface area contributed by atoms with Gasteiger partial charge in [0, 0.05) is 0 Å². The molecule has 0 aromatic heterocycles. The van der Waals surface area contributed by atoms with E-state index in [2.05, 4.69) is 10.1 Å². The van der Waals surface area contributed by atoms with Gasteiger partial charge in [-0.2, -0.15) is 13.2 Å². The number of hydrogen-bond donors (Lipinski definition) is 1. The predicted molar refractivity (Wildman–Crippen MR) is 88.4 cm³/mol. The van der Waals surface area contributed by atoms with Gasteiger partial charge in [0.05, 0.1) is 28.9 Å². The van der Waals surface area contributed by atoms with Crippen molar-refractivity contribution in [3.05, 3.63) is 58.6 Å². The van der Waals surface area contributed by atoms with Crippen LogP contribution in [0.1, 0.15) is 15.9 Å². The average Bonchev–Trinajstić information content (AvgIpc) is 2.60. The second-order valence-electron chi connectivity index (χ2n) is 5.05. The number of esters is 1. The van der Waals surface area contributed by atoms with Crippen molar-refractivity contribution < 1.29 is 32.2 Å². The number of amides is 1. The maximum atomic E-state index is 12.7. The number of alkyl halides is 3. The molecular formula is C17H13ClF3NO4. The third kappa shape index (κ3) is 5.13. The van der Waals surface area contributed by atoms with Gasteiger partial charge in [-0.1, -0.05) is 11.6 Å². The number of methoxy groups -OCH3 is 1. The minimum Gasteiger partial charge on any atom is -0.484 e. The van der Waals surface area contributed by atoms with Gasteiger partial charge in [0.2, 0.25) is 0 Å². The maximum absolute atomic E-state index is 12.7. The van der Waals surface area contributed by atoms with Crippen molar-refractivity contribution in [1.29, 1.82) is 0 Å². The molecule has 138 valence electrons. The molecule has 2 aromatic rings. The number of carbonyl (C=O) groups excluding carboxylic acids is 2. The molecule has 2 aromatic carbocycles. The van der Waals surface area contributed by atoms with E-state index in [1.807, 2.05) is 0 Å². The molecule has 0 saturated carbocycles. The fourth-order valence-corrected chi connectivity index (χ4v) is 2.10. The number of rotatable bonds is 5. The first-order valence-corrected chi connectivity index (χ1v) is 7.56. The summed E-state index contributed by atoms with van der Waals surface area (Å²) in [5.41, 5.74) is -0.798. The number of anilines is 1. The highest BCUT2D eigenvalue weighted by Crippen LogP contribution is 2.33. The Bertz CT molecular complexity index is 807. The van der Waals surface area contributed by atoms with Crippen molar-refractivity contribution in [1.82, 2.24) is 0 Å². The Balaban J connectivity index is 1.98. The van der Waals surface area contributed by atoms with Gasteiger partial charge < -0.3 is 14.8 Å². The third-order valence-electron chi connectivity index (χ3n) is 3.21. The van der Waals surface area contributed by atoms with Crippen molar-refractivity contribution in [2.75, 3.05) is 19.0 Å². The molecule has 0 spiro atoms. The molecule has 0 bridgehead atoms. The summed E-state index contributed by atoms with van der Waals surface area (Å²) in [6.07, 6.45) is -4.55. The minimum atomic E-state index is -4.55. The van der Waals surface area contributed by atoms with E-state index in [0.717, 1.165) is 18.2 Å². The van der Waals surface area contributed by atoms with E-state index in [0.29, 0.717) is 11.3 Å². The molecular weight excluding hydrogens is 375 g/mol. The lowest BCUT2D eigenvalue weighted by atomic mass is 10.2. The molecule has 0 atom stereocenters. The van der Waals surface area contributed by atoms with Gasteiger partial charge in [0.15, 0.2) is 6.61 Å². The molecule has 1 amide bonds. The van der Waals surface area contributed by atoms with Crippen LogP contribution < -0.4 is 10.1 Å². The molecule has 2 rings (SSSR count). The van der Waals surface area contributed by atoms with Crippen molar-refractivity contribution in [2.24, 2.45) is 0 Å². The van der Waals surface area contributed by atoms with E-state index in [-0.39, 0.29) is 10.7 Å². The molecule has 0 saturated heterocycles. The Morgan fingerprint density at radius 3 is 2.35 bits per heavy atom. The molecule has 0 aliphatic heterocycles. The smallest absolute Gasteiger partial charge is 0.416 e. The van der Waals surface area contributed by atoms with E-state index < -0.39 is 30.2 Å². The van der Waals surface area contributed by atoms with Crippen LogP contribution in [-0.2, 0) is 15.7 Å². The molecule has 0 aliphatic rings. The molecule has 26 heavy (non-hydrogen) atoms. The fraction of sp³-hybridized carbons (Fsp3) is 0.176. The minimum absolute atomic E-state index is 0.0335. The van der Waals surface area contributed by atoms with Crippen LogP contribution in [0, 0.1) is 0 Å². The Morgan fingerprint density at radius 1 is 1.12 bits per heavy atom. The highest BCUT2D eigenvalue weighted by atomic mass is 35.5. The number of nitrogens with one attached hydrogen (secondary N) is 1. The van der Waals surface area contributed by atoms with Crippen molar-refractivity contribution in [2.45, 2.75) is 6.18 Å². The van der Waals surface area contributed by atoms with E-state index in [1.54, 1.807) is 0 Å². The molecule has 0 heterocycles. The summed E-state index contributed by atoms with van der Waals surface area (Å²) in [5, 5.41) is 2.23. The van der Waals surface area contributed by atoms with Crippen LogP contribution in [0.15, 0.2) is 42.5 Å². The molecule has 9 heteroatoms. The largest absolute Gasteiger partial charge is 0.484 e. The second-order valence-corrected chi connectivity index (χ2v) is 5.45. The summed E-state index contributed by atoms with van der Waals surface area (Å²) in [7, 11) is 1.25. The van der Waals surface area contributed by atoms with Crippen molar-refractivity contribution in [3.8, 4) is 5.75 Å². The lowest BCUT2D eigenvalue weighted by Crippen LogP contribution is -2.20. The fourth-order valence-electron chi connectivity index (χ4n) is 1.94. The zero-order valence-corrected chi connectivity index (χ0v) is 14.1. The molecule has 0 unspecified atom stereocenters. The Morgan fingerprint density at radius 2 is 1.77 bits per heavy atom.